The van der Waals surface area contributed by atoms with Crippen LogP contribution in [0.15, 0.2) is 86.9 Å². The Bertz CT molecular complexity index is 1800. The number of hydrogen-bond acceptors (Lipinski definition) is 6. The molecule has 0 aliphatic heterocycles. The predicted molar refractivity (Wildman–Crippen MR) is 160 cm³/mol. The first kappa shape index (κ1) is 32.0. The summed E-state index contributed by atoms with van der Waals surface area (Å²) in [5.41, 5.74) is 5.37. The second-order valence-electron chi connectivity index (χ2n) is 10.8. The van der Waals surface area contributed by atoms with Crippen LogP contribution < -0.4 is 62.7 Å². The molecular weight excluding hydrogens is 555 g/mol. The van der Waals surface area contributed by atoms with Gasteiger partial charge in [-0.05, 0) is 68.0 Å². The number of nitrogens with one attached hydrogen (secondary N) is 1. The monoisotopic (exact) mass is 590 g/mol. The van der Waals surface area contributed by atoms with Crippen LogP contribution >= 0.6 is 0 Å². The molecule has 2 heterocycles. The van der Waals surface area contributed by atoms with Gasteiger partial charge in [-0.2, -0.15) is 0 Å². The average molecular weight is 591 g/mol. The Morgan fingerprint density at radius 1 is 1.00 bits per heavy atom. The van der Waals surface area contributed by atoms with E-state index in [-0.39, 0.29) is 58.4 Å². The van der Waals surface area contributed by atoms with Gasteiger partial charge in [-0.25, -0.2) is 9.78 Å². The van der Waals surface area contributed by atoms with E-state index in [1.165, 1.54) is 0 Å². The standard InChI is InChI=1S/C33H34N4O4.K.H/c1-5-6-14-29-28(31(38)37(21(2)34-29)25-11-9-10-24(20-25)33(3,4)40)19-22-15-17-23(18-16-22)26-12-7-8-13-27(26)30-35-32(39)41-36-30;;/h7-13,15-18,20,40H,5-6,14,19H2,1-4H3,(H,35,36,39);;/q;+1;-1. The molecule has 8 nitrogen and oxygen atoms in total. The second-order valence-corrected chi connectivity index (χ2v) is 10.8. The maximum atomic E-state index is 14.0. The van der Waals surface area contributed by atoms with Crippen molar-refractivity contribution in [1.29, 1.82) is 0 Å². The van der Waals surface area contributed by atoms with Crippen molar-refractivity contribution in [2.45, 2.75) is 59.0 Å². The van der Waals surface area contributed by atoms with Crippen LogP contribution in [0, 0.1) is 6.92 Å². The van der Waals surface area contributed by atoms with Crippen molar-refractivity contribution >= 4 is 0 Å². The number of aromatic amines is 1. The van der Waals surface area contributed by atoms with Crippen molar-refractivity contribution in [3.05, 3.63) is 122 Å². The normalized spacial score (nSPS) is 11.4. The number of nitrogens with zero attached hydrogens (tertiary/aromatic N) is 3. The third kappa shape index (κ3) is 6.99. The fourth-order valence-electron chi connectivity index (χ4n) is 5.07. The van der Waals surface area contributed by atoms with Gasteiger partial charge in [0.15, 0.2) is 5.82 Å². The van der Waals surface area contributed by atoms with E-state index >= 15 is 0 Å². The minimum atomic E-state index is -1.03. The summed E-state index contributed by atoms with van der Waals surface area (Å²) in [7, 11) is 0. The van der Waals surface area contributed by atoms with E-state index < -0.39 is 11.4 Å². The molecule has 0 atom stereocenters. The number of aliphatic hydroxyl groups is 1. The van der Waals surface area contributed by atoms with Crippen LogP contribution in [0.4, 0.5) is 0 Å². The summed E-state index contributed by atoms with van der Waals surface area (Å²) >= 11 is 0. The fraction of sp³-hybridized carbons (Fsp3) is 0.273. The molecule has 212 valence electrons. The zero-order chi connectivity index (χ0) is 29.1. The molecule has 0 bridgehead atoms. The van der Waals surface area contributed by atoms with Gasteiger partial charge in [0.25, 0.3) is 5.56 Å². The summed E-state index contributed by atoms with van der Waals surface area (Å²) in [5, 5.41) is 14.4. The van der Waals surface area contributed by atoms with E-state index in [4.69, 9.17) is 9.51 Å². The van der Waals surface area contributed by atoms with Gasteiger partial charge in [-0.15, -0.1) is 0 Å². The first-order valence-corrected chi connectivity index (χ1v) is 13.8. The summed E-state index contributed by atoms with van der Waals surface area (Å²) in [6.45, 7) is 7.44. The molecule has 0 fully saturated rings. The Balaban J connectivity index is 0.00000253. The van der Waals surface area contributed by atoms with Gasteiger partial charge < -0.3 is 6.53 Å². The maximum Gasteiger partial charge on any atom is 1.00 e. The molecule has 5 aromatic rings. The summed E-state index contributed by atoms with van der Waals surface area (Å²) in [4.78, 5) is 33.1. The number of rotatable bonds is 9. The zero-order valence-corrected chi connectivity index (χ0v) is 27.9. The van der Waals surface area contributed by atoms with E-state index in [0.717, 1.165) is 52.8 Å². The van der Waals surface area contributed by atoms with Crippen molar-refractivity contribution in [2.75, 3.05) is 0 Å². The Labute approximate surface area is 288 Å². The van der Waals surface area contributed by atoms with Crippen molar-refractivity contribution in [1.82, 2.24) is 19.7 Å². The largest absolute Gasteiger partial charge is 1.00 e. The number of aromatic nitrogens is 4. The van der Waals surface area contributed by atoms with Crippen molar-refractivity contribution < 1.29 is 62.4 Å². The van der Waals surface area contributed by atoms with Crippen LogP contribution in [0.3, 0.4) is 0 Å². The van der Waals surface area contributed by atoms with Crippen LogP contribution in [-0.2, 0) is 18.4 Å². The molecule has 0 unspecified atom stereocenters. The molecule has 0 saturated carbocycles. The van der Waals surface area contributed by atoms with E-state index in [1.807, 2.05) is 79.7 Å². The van der Waals surface area contributed by atoms with E-state index in [0.29, 0.717) is 29.3 Å². The molecule has 0 saturated heterocycles. The molecule has 0 amide bonds. The van der Waals surface area contributed by atoms with Crippen LogP contribution in [0.2, 0.25) is 0 Å². The van der Waals surface area contributed by atoms with Gasteiger partial charge in [-0.1, -0.05) is 79.2 Å². The molecular formula is C33H35KN4O4. The second kappa shape index (κ2) is 13.6. The smallest absolute Gasteiger partial charge is 1.00 e. The Morgan fingerprint density at radius 3 is 2.36 bits per heavy atom. The van der Waals surface area contributed by atoms with E-state index in [9.17, 15) is 14.7 Å². The van der Waals surface area contributed by atoms with Crippen molar-refractivity contribution in [3.63, 3.8) is 0 Å². The van der Waals surface area contributed by atoms with Gasteiger partial charge in [0, 0.05) is 17.5 Å². The number of hydrogen-bond donors (Lipinski definition) is 2. The molecule has 42 heavy (non-hydrogen) atoms. The van der Waals surface area contributed by atoms with Gasteiger partial charge in [0.2, 0.25) is 0 Å². The fourth-order valence-corrected chi connectivity index (χ4v) is 5.07. The molecule has 9 heteroatoms. The van der Waals surface area contributed by atoms with E-state index in [2.05, 4.69) is 17.1 Å². The minimum absolute atomic E-state index is 0. The first-order valence-electron chi connectivity index (χ1n) is 13.8. The van der Waals surface area contributed by atoms with Gasteiger partial charge in [-0.3, -0.25) is 18.9 Å². The number of unbranched alkanes of at least 4 members (excludes halogenated alkanes) is 1. The van der Waals surface area contributed by atoms with Crippen LogP contribution in [-0.4, -0.2) is 24.8 Å². The van der Waals surface area contributed by atoms with Crippen LogP contribution in [0.5, 0.6) is 0 Å². The Morgan fingerprint density at radius 2 is 1.71 bits per heavy atom. The zero-order valence-electron chi connectivity index (χ0n) is 25.8. The number of aryl methyl sites for hydroxylation is 2. The molecule has 0 aliphatic rings. The topological polar surface area (TPSA) is 114 Å². The molecule has 0 aliphatic carbocycles. The number of benzene rings is 3. The predicted octanol–water partition coefficient (Wildman–Crippen LogP) is 2.83. The summed E-state index contributed by atoms with van der Waals surface area (Å²) in [6, 6.07) is 23.1. The molecule has 2 aromatic heterocycles. The molecule has 0 spiro atoms. The maximum absolute atomic E-state index is 14.0. The molecule has 5 rings (SSSR count). The summed E-state index contributed by atoms with van der Waals surface area (Å²) < 4.78 is 6.35. The van der Waals surface area contributed by atoms with Crippen LogP contribution in [0.1, 0.15) is 63.2 Å². The van der Waals surface area contributed by atoms with Gasteiger partial charge in [0.05, 0.1) is 17.0 Å². The SMILES string of the molecule is CCCCc1nc(C)n(-c2cccc(C(C)(C)O)c2)c(=O)c1Cc1ccc(-c2ccccc2-c2noc(=O)[nH]2)cc1.[H-].[K+]. The van der Waals surface area contributed by atoms with Crippen molar-refractivity contribution in [2.24, 2.45) is 0 Å². The van der Waals surface area contributed by atoms with Crippen molar-refractivity contribution in [3.8, 4) is 28.2 Å². The van der Waals surface area contributed by atoms with Gasteiger partial charge >= 0.3 is 57.1 Å². The third-order valence-electron chi connectivity index (χ3n) is 7.28. The van der Waals surface area contributed by atoms with E-state index in [1.54, 1.807) is 18.4 Å². The Hall–Kier alpha value is -2.92. The van der Waals surface area contributed by atoms with Crippen LogP contribution in [0.25, 0.3) is 28.2 Å². The van der Waals surface area contributed by atoms with Gasteiger partial charge in [0.1, 0.15) is 5.82 Å². The third-order valence-corrected chi connectivity index (χ3v) is 7.28. The molecule has 0 radical (unpaired) electrons. The molecule has 3 aromatic carbocycles. The summed E-state index contributed by atoms with van der Waals surface area (Å²) in [6.07, 6.45) is 3.11. The quantitative estimate of drug-likeness (QED) is 0.255. The first-order chi connectivity index (χ1) is 19.7. The average Bonchev–Trinajstić information content (AvgIpc) is 3.40. The Kier molecular flexibility index (Phi) is 10.3. The molecule has 2 N–H and O–H groups in total. The summed E-state index contributed by atoms with van der Waals surface area (Å²) in [5.74, 6) is 0.388. The minimum Gasteiger partial charge on any atom is -1.00 e. The number of H-pyrrole nitrogens is 1.